The predicted octanol–water partition coefficient (Wildman–Crippen LogP) is 6.93. The number of ether oxygens (including phenoxy) is 1. The number of carbonyl (C=O) groups is 1. The van der Waals surface area contributed by atoms with Crippen LogP contribution in [0.25, 0.3) is 6.08 Å². The van der Waals surface area contributed by atoms with E-state index < -0.39 is 0 Å². The molecule has 1 aliphatic heterocycles. The van der Waals surface area contributed by atoms with E-state index in [9.17, 15) is 4.79 Å². The Morgan fingerprint density at radius 1 is 0.968 bits per heavy atom. The number of aliphatic imine (C=N–C) groups is 1. The minimum atomic E-state index is -0.115. The van der Waals surface area contributed by atoms with Crippen LogP contribution in [0.5, 0.6) is 5.75 Å². The highest BCUT2D eigenvalue weighted by Gasteiger charge is 2.23. The number of nitrogens with zero attached hydrogens (tertiary/aromatic N) is 1. The first-order valence-electron chi connectivity index (χ1n) is 11.1. The highest BCUT2D eigenvalue weighted by Crippen LogP contribution is 2.29. The van der Waals surface area contributed by atoms with Crippen molar-refractivity contribution < 1.29 is 9.53 Å². The molecule has 0 saturated carbocycles. The second-order valence-corrected chi connectivity index (χ2v) is 8.97. The molecule has 1 heterocycles. The minimum Gasteiger partial charge on any atom is -0.494 e. The standard InChI is InChI=1S/C26H32N2O2S/c1-4-5-6-7-8-9-16-30-23-14-11-21(12-15-23)18-24-25(29)28-26(31-24)27-22-13-10-19(2)20(3)17-22/h10-15,17-18H,4-9,16H2,1-3H3,(H,27,28,29)/b24-18-. The molecule has 0 unspecified atom stereocenters. The first-order valence-corrected chi connectivity index (χ1v) is 12.0. The van der Waals surface area contributed by atoms with Gasteiger partial charge in [0.05, 0.1) is 17.2 Å². The van der Waals surface area contributed by atoms with Gasteiger partial charge in [0.2, 0.25) is 0 Å². The van der Waals surface area contributed by atoms with Crippen molar-refractivity contribution >= 4 is 34.6 Å². The van der Waals surface area contributed by atoms with E-state index in [0.29, 0.717) is 10.1 Å². The van der Waals surface area contributed by atoms with Gasteiger partial charge in [0.15, 0.2) is 5.17 Å². The number of aryl methyl sites for hydroxylation is 2. The number of thioether (sulfide) groups is 1. The van der Waals surface area contributed by atoms with Gasteiger partial charge in [-0.1, -0.05) is 57.2 Å². The molecule has 5 heteroatoms. The zero-order valence-electron chi connectivity index (χ0n) is 18.7. The SMILES string of the molecule is CCCCCCCCOc1ccc(/C=C2\SC(=Nc3ccc(C)c(C)c3)NC2=O)cc1. The zero-order valence-corrected chi connectivity index (χ0v) is 19.6. The monoisotopic (exact) mass is 436 g/mol. The molecule has 0 radical (unpaired) electrons. The first kappa shape index (κ1) is 23.1. The topological polar surface area (TPSA) is 50.7 Å². The van der Waals surface area contributed by atoms with Crippen LogP contribution < -0.4 is 10.1 Å². The molecule has 31 heavy (non-hydrogen) atoms. The summed E-state index contributed by atoms with van der Waals surface area (Å²) in [7, 11) is 0. The summed E-state index contributed by atoms with van der Waals surface area (Å²) < 4.78 is 5.84. The largest absolute Gasteiger partial charge is 0.494 e. The van der Waals surface area contributed by atoms with E-state index >= 15 is 0 Å². The van der Waals surface area contributed by atoms with Gasteiger partial charge in [0.1, 0.15) is 5.75 Å². The van der Waals surface area contributed by atoms with Gasteiger partial charge in [0, 0.05) is 0 Å². The van der Waals surface area contributed by atoms with Crippen molar-refractivity contribution in [3.63, 3.8) is 0 Å². The Balaban J connectivity index is 1.52. The third-order valence-corrected chi connectivity index (χ3v) is 6.23. The third-order valence-electron chi connectivity index (χ3n) is 5.32. The maximum Gasteiger partial charge on any atom is 0.264 e. The Bertz CT molecular complexity index is 948. The van der Waals surface area contributed by atoms with E-state index in [2.05, 4.69) is 31.1 Å². The lowest BCUT2D eigenvalue weighted by Gasteiger charge is -2.06. The first-order chi connectivity index (χ1) is 15.0. The highest BCUT2D eigenvalue weighted by atomic mass is 32.2. The Morgan fingerprint density at radius 2 is 1.71 bits per heavy atom. The molecule has 2 aromatic rings. The molecule has 164 valence electrons. The van der Waals surface area contributed by atoms with Gasteiger partial charge in [0.25, 0.3) is 5.91 Å². The predicted molar refractivity (Wildman–Crippen MR) is 132 cm³/mol. The fourth-order valence-corrected chi connectivity index (χ4v) is 4.12. The second-order valence-electron chi connectivity index (χ2n) is 7.94. The lowest BCUT2D eigenvalue weighted by Crippen LogP contribution is -2.19. The molecular formula is C26H32N2O2S. The van der Waals surface area contributed by atoms with E-state index in [1.807, 2.05) is 48.5 Å². The van der Waals surface area contributed by atoms with Crippen molar-refractivity contribution in [3.05, 3.63) is 64.1 Å². The molecule has 0 atom stereocenters. The Kier molecular flexibility index (Phi) is 8.77. The zero-order chi connectivity index (χ0) is 22.1. The van der Waals surface area contributed by atoms with E-state index in [0.717, 1.165) is 30.0 Å². The summed E-state index contributed by atoms with van der Waals surface area (Å²) in [4.78, 5) is 17.5. The van der Waals surface area contributed by atoms with Crippen LogP contribution in [0.3, 0.4) is 0 Å². The van der Waals surface area contributed by atoms with Crippen LogP contribution in [-0.2, 0) is 4.79 Å². The van der Waals surface area contributed by atoms with Gasteiger partial charge < -0.3 is 10.1 Å². The molecule has 0 aliphatic carbocycles. The van der Waals surface area contributed by atoms with Crippen molar-refractivity contribution in [2.45, 2.75) is 59.3 Å². The van der Waals surface area contributed by atoms with E-state index in [1.54, 1.807) is 0 Å². The van der Waals surface area contributed by atoms with Gasteiger partial charge in [-0.25, -0.2) is 4.99 Å². The lowest BCUT2D eigenvalue weighted by atomic mass is 10.1. The number of nitrogens with one attached hydrogen (secondary N) is 1. The number of rotatable bonds is 10. The highest BCUT2D eigenvalue weighted by molar-refractivity contribution is 8.18. The molecule has 0 aromatic heterocycles. The molecule has 4 nitrogen and oxygen atoms in total. The van der Waals surface area contributed by atoms with Crippen LogP contribution >= 0.6 is 11.8 Å². The summed E-state index contributed by atoms with van der Waals surface area (Å²) in [5.74, 6) is 0.757. The molecule has 1 N–H and O–H groups in total. The summed E-state index contributed by atoms with van der Waals surface area (Å²) in [6, 6.07) is 13.9. The molecule has 3 rings (SSSR count). The Labute approximate surface area is 190 Å². The van der Waals surface area contributed by atoms with E-state index in [4.69, 9.17) is 4.74 Å². The fraction of sp³-hybridized carbons (Fsp3) is 0.385. The number of carbonyl (C=O) groups excluding carboxylic acids is 1. The number of unbranched alkanes of at least 4 members (excludes halogenated alkanes) is 5. The van der Waals surface area contributed by atoms with Gasteiger partial charge >= 0.3 is 0 Å². The number of benzene rings is 2. The smallest absolute Gasteiger partial charge is 0.264 e. The van der Waals surface area contributed by atoms with Crippen LogP contribution in [0.15, 0.2) is 52.4 Å². The van der Waals surface area contributed by atoms with Crippen molar-refractivity contribution in [1.82, 2.24) is 5.32 Å². The Morgan fingerprint density at radius 3 is 2.45 bits per heavy atom. The van der Waals surface area contributed by atoms with Gasteiger partial charge in [-0.3, -0.25) is 4.79 Å². The second kappa shape index (κ2) is 11.8. The summed E-state index contributed by atoms with van der Waals surface area (Å²) >= 11 is 1.37. The number of hydrogen-bond donors (Lipinski definition) is 1. The van der Waals surface area contributed by atoms with Crippen molar-refractivity contribution in [3.8, 4) is 5.75 Å². The average Bonchev–Trinajstić information content (AvgIpc) is 3.10. The molecule has 1 fully saturated rings. The third kappa shape index (κ3) is 7.28. The van der Waals surface area contributed by atoms with Crippen LogP contribution in [0, 0.1) is 13.8 Å². The molecule has 2 aromatic carbocycles. The molecule has 1 saturated heterocycles. The van der Waals surface area contributed by atoms with Crippen molar-refractivity contribution in [1.29, 1.82) is 0 Å². The molecule has 0 bridgehead atoms. The maximum absolute atomic E-state index is 12.3. The minimum absolute atomic E-state index is 0.115. The summed E-state index contributed by atoms with van der Waals surface area (Å²) in [6.45, 7) is 7.12. The number of amides is 1. The lowest BCUT2D eigenvalue weighted by molar-refractivity contribution is -0.115. The van der Waals surface area contributed by atoms with Gasteiger partial charge in [-0.05, 0) is 79.1 Å². The average molecular weight is 437 g/mol. The van der Waals surface area contributed by atoms with Crippen molar-refractivity contribution in [2.24, 2.45) is 4.99 Å². The molecule has 1 aliphatic rings. The summed E-state index contributed by atoms with van der Waals surface area (Å²) in [5, 5.41) is 3.46. The number of hydrogen-bond acceptors (Lipinski definition) is 4. The number of amidine groups is 1. The molecule has 1 amide bonds. The molecular weight excluding hydrogens is 404 g/mol. The van der Waals surface area contributed by atoms with Crippen LogP contribution in [0.1, 0.15) is 62.1 Å². The van der Waals surface area contributed by atoms with Gasteiger partial charge in [-0.15, -0.1) is 0 Å². The Hall–Kier alpha value is -2.53. The van der Waals surface area contributed by atoms with Crippen LogP contribution in [-0.4, -0.2) is 17.7 Å². The van der Waals surface area contributed by atoms with Crippen molar-refractivity contribution in [2.75, 3.05) is 6.61 Å². The summed E-state index contributed by atoms with van der Waals surface area (Å²) in [6.07, 6.45) is 9.42. The van der Waals surface area contributed by atoms with Crippen LogP contribution in [0.2, 0.25) is 0 Å². The molecule has 0 spiro atoms. The van der Waals surface area contributed by atoms with Gasteiger partial charge in [-0.2, -0.15) is 0 Å². The normalized spacial score (nSPS) is 16.2. The fourth-order valence-electron chi connectivity index (χ4n) is 3.28. The van der Waals surface area contributed by atoms with Crippen LogP contribution in [0.4, 0.5) is 5.69 Å². The quantitative estimate of drug-likeness (QED) is 0.324. The maximum atomic E-state index is 12.3. The van der Waals surface area contributed by atoms with E-state index in [-0.39, 0.29) is 5.91 Å². The van der Waals surface area contributed by atoms with E-state index in [1.165, 1.54) is 55.0 Å². The summed E-state index contributed by atoms with van der Waals surface area (Å²) in [5.41, 5.74) is 4.23.